The third-order valence-electron chi connectivity index (χ3n) is 5.44. The van der Waals surface area contributed by atoms with Crippen LogP contribution in [0.4, 0.5) is 11.4 Å². The van der Waals surface area contributed by atoms with Gasteiger partial charge in [0.05, 0.1) is 27.9 Å². The van der Waals surface area contributed by atoms with Crippen LogP contribution in [0.3, 0.4) is 0 Å². The summed E-state index contributed by atoms with van der Waals surface area (Å²) in [5.74, 6) is -1.36. The third kappa shape index (κ3) is 3.03. The molecule has 0 aromatic heterocycles. The van der Waals surface area contributed by atoms with E-state index >= 15 is 0 Å². The number of fused-ring (bicyclic) bond motifs is 1. The van der Waals surface area contributed by atoms with Gasteiger partial charge < -0.3 is 0 Å². The highest BCUT2D eigenvalue weighted by Gasteiger charge is 2.42. The molecule has 2 aliphatic rings. The fraction of sp³-hybridized carbons (Fsp3) is 0.350. The van der Waals surface area contributed by atoms with Gasteiger partial charge in [0, 0.05) is 6.04 Å². The molecule has 0 radical (unpaired) electrons. The van der Waals surface area contributed by atoms with Crippen LogP contribution in [0.5, 0.6) is 0 Å². The molecular weight excluding hydrogens is 412 g/mol. The Labute approximate surface area is 171 Å². The second-order valence-corrected chi connectivity index (χ2v) is 11.4. The lowest BCUT2D eigenvalue weighted by Crippen LogP contribution is -2.36. The van der Waals surface area contributed by atoms with Crippen LogP contribution in [0.1, 0.15) is 25.0 Å². The third-order valence-corrected chi connectivity index (χ3v) is 9.39. The van der Waals surface area contributed by atoms with Gasteiger partial charge in [0.25, 0.3) is 10.0 Å². The first-order valence-electron chi connectivity index (χ1n) is 9.34. The van der Waals surface area contributed by atoms with Gasteiger partial charge in [0.15, 0.2) is 0 Å². The van der Waals surface area contributed by atoms with Crippen LogP contribution in [0, 0.1) is 12.8 Å². The Hall–Kier alpha value is -2.39. The summed E-state index contributed by atoms with van der Waals surface area (Å²) in [5.41, 5.74) is 2.20. The van der Waals surface area contributed by atoms with E-state index in [9.17, 15) is 21.6 Å². The highest BCUT2D eigenvalue weighted by molar-refractivity contribution is 7.94. The van der Waals surface area contributed by atoms with E-state index in [-0.39, 0.29) is 22.4 Å². The molecule has 2 atom stereocenters. The molecule has 2 aliphatic heterocycles. The Morgan fingerprint density at radius 1 is 1.07 bits per heavy atom. The summed E-state index contributed by atoms with van der Waals surface area (Å²) in [6.45, 7) is 5.04. The van der Waals surface area contributed by atoms with Crippen molar-refractivity contribution in [2.24, 2.45) is 5.92 Å². The molecule has 29 heavy (non-hydrogen) atoms. The van der Waals surface area contributed by atoms with Crippen molar-refractivity contribution in [2.45, 2.75) is 38.1 Å². The molecule has 1 fully saturated rings. The average molecular weight is 435 g/mol. The maximum absolute atomic E-state index is 13.4. The van der Waals surface area contributed by atoms with Crippen molar-refractivity contribution >= 4 is 37.3 Å². The average Bonchev–Trinajstić information content (AvgIpc) is 3.06. The lowest BCUT2D eigenvalue weighted by Gasteiger charge is -2.26. The van der Waals surface area contributed by atoms with Crippen LogP contribution in [-0.2, 0) is 31.3 Å². The summed E-state index contributed by atoms with van der Waals surface area (Å²) < 4.78 is 53.8. The Kier molecular flexibility index (Phi) is 4.51. The quantitative estimate of drug-likeness (QED) is 0.740. The molecule has 2 aromatic carbocycles. The maximum Gasteiger partial charge on any atom is 0.264 e. The molecule has 9 heteroatoms. The first-order valence-corrected chi connectivity index (χ1v) is 12.4. The summed E-state index contributed by atoms with van der Waals surface area (Å²) in [6, 6.07) is 11.4. The van der Waals surface area contributed by atoms with Gasteiger partial charge >= 0.3 is 0 Å². The van der Waals surface area contributed by atoms with Crippen molar-refractivity contribution < 1.29 is 21.6 Å². The first kappa shape index (κ1) is 19.9. The number of hydrogen-bond donors (Lipinski definition) is 0. The van der Waals surface area contributed by atoms with E-state index in [0.717, 1.165) is 9.87 Å². The number of carbonyl (C=O) groups is 1. The van der Waals surface area contributed by atoms with Crippen LogP contribution in [0.15, 0.2) is 47.4 Å². The molecule has 0 aliphatic carbocycles. The van der Waals surface area contributed by atoms with E-state index in [1.54, 1.807) is 26.0 Å². The number of benzene rings is 2. The summed E-state index contributed by atoms with van der Waals surface area (Å²) in [4.78, 5) is 12.4. The Morgan fingerprint density at radius 3 is 2.38 bits per heavy atom. The van der Waals surface area contributed by atoms with Crippen LogP contribution in [0.2, 0.25) is 0 Å². The second-order valence-electron chi connectivity index (χ2n) is 7.71. The van der Waals surface area contributed by atoms with E-state index in [4.69, 9.17) is 0 Å². The van der Waals surface area contributed by atoms with Crippen molar-refractivity contribution in [3.8, 4) is 0 Å². The summed E-state index contributed by atoms with van der Waals surface area (Å²) >= 11 is 0. The van der Waals surface area contributed by atoms with Crippen LogP contribution in [0.25, 0.3) is 0 Å². The van der Waals surface area contributed by atoms with E-state index in [1.807, 2.05) is 19.1 Å². The minimum absolute atomic E-state index is 0.0990. The molecule has 2 aromatic rings. The topological polar surface area (TPSA) is 91.8 Å². The van der Waals surface area contributed by atoms with E-state index in [0.29, 0.717) is 17.7 Å². The number of amides is 1. The van der Waals surface area contributed by atoms with Crippen LogP contribution >= 0.6 is 0 Å². The molecule has 1 amide bonds. The number of sulfonamides is 2. The van der Waals surface area contributed by atoms with Gasteiger partial charge in [-0.05, 0) is 55.7 Å². The standard InChI is InChI=1S/C20H22N2O5S2/c1-13-10-17(22-20(23)14(2)12-28(22,24)25)8-9-19(13)29(26,27)21-15(3)11-16-6-4-5-7-18(16)21/h4-10,14-15H,11-12H2,1-3H3. The molecule has 4 rings (SSSR count). The van der Waals surface area contributed by atoms with Crippen LogP contribution in [-0.4, -0.2) is 34.5 Å². The lowest BCUT2D eigenvalue weighted by molar-refractivity contribution is -0.119. The van der Waals surface area contributed by atoms with Gasteiger partial charge in [-0.2, -0.15) is 0 Å². The number of hydrogen-bond acceptors (Lipinski definition) is 5. The molecule has 0 bridgehead atoms. The first-order chi connectivity index (χ1) is 13.5. The predicted molar refractivity (Wildman–Crippen MR) is 111 cm³/mol. The van der Waals surface area contributed by atoms with Gasteiger partial charge in [0.1, 0.15) is 0 Å². The summed E-state index contributed by atoms with van der Waals surface area (Å²) in [7, 11) is -7.59. The van der Waals surface area contributed by atoms with Crippen molar-refractivity contribution in [3.63, 3.8) is 0 Å². The number of para-hydroxylation sites is 1. The van der Waals surface area contributed by atoms with Crippen molar-refractivity contribution in [1.82, 2.24) is 0 Å². The summed E-state index contributed by atoms with van der Waals surface area (Å²) in [6.07, 6.45) is 0.630. The second kappa shape index (κ2) is 6.56. The van der Waals surface area contributed by atoms with Crippen molar-refractivity contribution in [1.29, 1.82) is 0 Å². The Morgan fingerprint density at radius 2 is 1.76 bits per heavy atom. The minimum atomic E-state index is -3.84. The number of carbonyl (C=O) groups excluding carboxylic acids is 1. The number of aryl methyl sites for hydroxylation is 1. The normalized spacial score (nSPS) is 23.5. The van der Waals surface area contributed by atoms with Crippen molar-refractivity contribution in [2.75, 3.05) is 14.4 Å². The van der Waals surface area contributed by atoms with Gasteiger partial charge in [-0.15, -0.1) is 0 Å². The van der Waals surface area contributed by atoms with Gasteiger partial charge in [-0.25, -0.2) is 21.1 Å². The molecule has 7 nitrogen and oxygen atoms in total. The molecule has 0 spiro atoms. The van der Waals surface area contributed by atoms with Crippen LogP contribution < -0.4 is 8.61 Å². The Bertz CT molecular complexity index is 1220. The smallest absolute Gasteiger partial charge is 0.264 e. The lowest BCUT2D eigenvalue weighted by atomic mass is 10.1. The monoisotopic (exact) mass is 434 g/mol. The van der Waals surface area contributed by atoms with Gasteiger partial charge in [-0.3, -0.25) is 9.10 Å². The molecule has 0 saturated carbocycles. The molecule has 1 saturated heterocycles. The zero-order valence-corrected chi connectivity index (χ0v) is 18.0. The van der Waals surface area contributed by atoms with Gasteiger partial charge in [-0.1, -0.05) is 25.1 Å². The number of rotatable bonds is 3. The Balaban J connectivity index is 1.77. The SMILES string of the molecule is Cc1cc(N2C(=O)C(C)CS2(=O)=O)ccc1S(=O)(=O)N1c2ccccc2CC1C. The molecule has 0 N–H and O–H groups in total. The van der Waals surface area contributed by atoms with E-state index < -0.39 is 31.9 Å². The van der Waals surface area contributed by atoms with E-state index in [1.165, 1.54) is 22.5 Å². The molecule has 2 unspecified atom stereocenters. The largest absolute Gasteiger partial charge is 0.273 e. The zero-order chi connectivity index (χ0) is 21.1. The molecule has 154 valence electrons. The fourth-order valence-electron chi connectivity index (χ4n) is 4.15. The maximum atomic E-state index is 13.4. The minimum Gasteiger partial charge on any atom is -0.273 e. The fourth-order valence-corrected chi connectivity index (χ4v) is 7.86. The highest BCUT2D eigenvalue weighted by Crippen LogP contribution is 2.38. The summed E-state index contributed by atoms with van der Waals surface area (Å²) in [5, 5.41) is 0. The molecular formula is C20H22N2O5S2. The predicted octanol–water partition coefficient (Wildman–Crippen LogP) is 2.45. The van der Waals surface area contributed by atoms with E-state index in [2.05, 4.69) is 0 Å². The van der Waals surface area contributed by atoms with Gasteiger partial charge in [0.2, 0.25) is 15.9 Å². The zero-order valence-electron chi connectivity index (χ0n) is 16.4. The molecule has 2 heterocycles. The highest BCUT2D eigenvalue weighted by atomic mass is 32.2. The number of anilines is 2. The number of nitrogens with zero attached hydrogens (tertiary/aromatic N) is 2. The van der Waals surface area contributed by atoms with Crippen molar-refractivity contribution in [3.05, 3.63) is 53.6 Å².